The number of hydrogen-bond acceptors (Lipinski definition) is 3. The highest BCUT2D eigenvalue weighted by molar-refractivity contribution is 7.99. The summed E-state index contributed by atoms with van der Waals surface area (Å²) in [6.07, 6.45) is 1.08. The molecule has 2 aromatic rings. The maximum Gasteiger partial charge on any atom is 0.242 e. The van der Waals surface area contributed by atoms with Crippen LogP contribution in [0, 0.1) is 0 Å². The molecule has 0 spiro atoms. The van der Waals surface area contributed by atoms with Crippen LogP contribution in [0.5, 0.6) is 0 Å². The van der Waals surface area contributed by atoms with Crippen molar-refractivity contribution in [2.24, 2.45) is 0 Å². The number of benzene rings is 2. The van der Waals surface area contributed by atoms with Gasteiger partial charge in [0, 0.05) is 33.9 Å². The van der Waals surface area contributed by atoms with Crippen LogP contribution in [0.2, 0.25) is 10.0 Å². The molecule has 7 heteroatoms. The van der Waals surface area contributed by atoms with Crippen molar-refractivity contribution in [3.05, 3.63) is 64.1 Å². The number of amides is 2. The van der Waals surface area contributed by atoms with Gasteiger partial charge in [-0.05, 0) is 68.8 Å². The van der Waals surface area contributed by atoms with Gasteiger partial charge in [0.15, 0.2) is 0 Å². The van der Waals surface area contributed by atoms with Gasteiger partial charge in [0.2, 0.25) is 11.8 Å². The van der Waals surface area contributed by atoms with Crippen molar-refractivity contribution in [3.63, 3.8) is 0 Å². The zero-order chi connectivity index (χ0) is 22.1. The number of rotatable bonds is 10. The van der Waals surface area contributed by atoms with Gasteiger partial charge in [-0.2, -0.15) is 0 Å². The molecule has 0 aliphatic rings. The largest absolute Gasteiger partial charge is 0.352 e. The average Bonchev–Trinajstić information content (AvgIpc) is 2.70. The molecule has 162 valence electrons. The van der Waals surface area contributed by atoms with E-state index in [4.69, 9.17) is 23.2 Å². The molecule has 1 N–H and O–H groups in total. The van der Waals surface area contributed by atoms with E-state index in [-0.39, 0.29) is 17.9 Å². The maximum absolute atomic E-state index is 13.0. The van der Waals surface area contributed by atoms with Crippen LogP contribution in [0.25, 0.3) is 0 Å². The summed E-state index contributed by atoms with van der Waals surface area (Å²) in [4.78, 5) is 28.3. The van der Waals surface area contributed by atoms with Gasteiger partial charge in [0.05, 0.1) is 0 Å². The molecule has 0 bridgehead atoms. The van der Waals surface area contributed by atoms with Crippen LogP contribution in [-0.2, 0) is 16.1 Å². The fourth-order valence-corrected chi connectivity index (χ4v) is 4.06. The molecule has 0 radical (unpaired) electrons. The first kappa shape index (κ1) is 24.6. The monoisotopic (exact) mass is 466 g/mol. The Bertz CT molecular complexity index is 843. The van der Waals surface area contributed by atoms with E-state index in [0.29, 0.717) is 29.4 Å². The second kappa shape index (κ2) is 12.2. The molecule has 30 heavy (non-hydrogen) atoms. The first-order chi connectivity index (χ1) is 14.3. The van der Waals surface area contributed by atoms with E-state index in [2.05, 4.69) is 5.32 Å². The molecule has 0 aromatic heterocycles. The van der Waals surface area contributed by atoms with Crippen LogP contribution in [0.15, 0.2) is 53.4 Å². The molecule has 0 saturated heterocycles. The standard InChI is InChI=1S/C23H28Cl2N2O2S/c1-16(2)26-23(29)17(3)27(15-18-7-4-5-8-21(18)25)22(28)9-6-14-30-20-12-10-19(24)11-13-20/h4-5,7-8,10-13,16-17H,6,9,14-15H2,1-3H3,(H,26,29)/t17-/m0/s1. The number of thioether (sulfide) groups is 1. The third-order valence-corrected chi connectivity index (χ3v) is 6.23. The van der Waals surface area contributed by atoms with Crippen molar-refractivity contribution in [2.45, 2.75) is 57.1 Å². The molecule has 0 fully saturated rings. The van der Waals surface area contributed by atoms with Crippen LogP contribution in [0.3, 0.4) is 0 Å². The van der Waals surface area contributed by atoms with Crippen molar-refractivity contribution in [3.8, 4) is 0 Å². The third kappa shape index (κ3) is 7.86. The summed E-state index contributed by atoms with van der Waals surface area (Å²) in [6, 6.07) is 14.5. The zero-order valence-corrected chi connectivity index (χ0v) is 19.9. The predicted octanol–water partition coefficient (Wildman–Crippen LogP) is 5.81. The lowest BCUT2D eigenvalue weighted by molar-refractivity contribution is -0.140. The van der Waals surface area contributed by atoms with Crippen molar-refractivity contribution in [1.82, 2.24) is 10.2 Å². The Kier molecular flexibility index (Phi) is 10.0. The summed E-state index contributed by atoms with van der Waals surface area (Å²) < 4.78 is 0. The Morgan fingerprint density at radius 2 is 1.70 bits per heavy atom. The molecule has 1 atom stereocenters. The lowest BCUT2D eigenvalue weighted by Gasteiger charge is -2.29. The molecule has 2 amide bonds. The summed E-state index contributed by atoms with van der Waals surface area (Å²) in [5, 5.41) is 4.19. The summed E-state index contributed by atoms with van der Waals surface area (Å²) in [5.41, 5.74) is 0.826. The number of halogens is 2. The van der Waals surface area contributed by atoms with E-state index in [1.54, 1.807) is 29.7 Å². The van der Waals surface area contributed by atoms with E-state index in [1.165, 1.54) is 0 Å². The third-order valence-electron chi connectivity index (χ3n) is 4.51. The van der Waals surface area contributed by atoms with Crippen molar-refractivity contribution >= 4 is 46.8 Å². The minimum absolute atomic E-state index is 0.00740. The number of nitrogens with one attached hydrogen (secondary N) is 1. The zero-order valence-electron chi connectivity index (χ0n) is 17.5. The van der Waals surface area contributed by atoms with Gasteiger partial charge in [-0.1, -0.05) is 41.4 Å². The number of nitrogens with zero attached hydrogens (tertiary/aromatic N) is 1. The summed E-state index contributed by atoms with van der Waals surface area (Å²) in [6.45, 7) is 5.86. The second-order valence-electron chi connectivity index (χ2n) is 7.36. The smallest absolute Gasteiger partial charge is 0.242 e. The molecular formula is C23H28Cl2N2O2S. The van der Waals surface area contributed by atoms with E-state index in [0.717, 1.165) is 16.2 Å². The maximum atomic E-state index is 13.0. The molecule has 0 aliphatic heterocycles. The van der Waals surface area contributed by atoms with E-state index in [1.807, 2.05) is 56.3 Å². The Labute approximate surface area is 193 Å². The Hall–Kier alpha value is -1.69. The van der Waals surface area contributed by atoms with Gasteiger partial charge in [0.1, 0.15) is 6.04 Å². The van der Waals surface area contributed by atoms with Crippen LogP contribution >= 0.6 is 35.0 Å². The normalized spacial score (nSPS) is 11.9. The van der Waals surface area contributed by atoms with E-state index in [9.17, 15) is 9.59 Å². The highest BCUT2D eigenvalue weighted by atomic mass is 35.5. The Morgan fingerprint density at radius 1 is 1.03 bits per heavy atom. The van der Waals surface area contributed by atoms with Crippen LogP contribution in [0.4, 0.5) is 0 Å². The van der Waals surface area contributed by atoms with Gasteiger partial charge in [-0.3, -0.25) is 9.59 Å². The van der Waals surface area contributed by atoms with E-state index < -0.39 is 6.04 Å². The summed E-state index contributed by atoms with van der Waals surface area (Å²) in [5.74, 6) is 0.582. The lowest BCUT2D eigenvalue weighted by Crippen LogP contribution is -2.49. The topological polar surface area (TPSA) is 49.4 Å². The first-order valence-corrected chi connectivity index (χ1v) is 11.7. The molecule has 4 nitrogen and oxygen atoms in total. The lowest BCUT2D eigenvalue weighted by atomic mass is 10.1. The summed E-state index contributed by atoms with van der Waals surface area (Å²) >= 11 is 13.9. The number of carbonyl (C=O) groups excluding carboxylic acids is 2. The molecule has 0 aliphatic carbocycles. The molecule has 0 saturated carbocycles. The molecule has 0 unspecified atom stereocenters. The fourth-order valence-electron chi connectivity index (χ4n) is 2.89. The van der Waals surface area contributed by atoms with Crippen molar-refractivity contribution in [1.29, 1.82) is 0 Å². The Balaban J connectivity index is 2.00. The van der Waals surface area contributed by atoms with Crippen molar-refractivity contribution < 1.29 is 9.59 Å². The van der Waals surface area contributed by atoms with Crippen LogP contribution in [-0.4, -0.2) is 34.6 Å². The SMILES string of the molecule is CC(C)NC(=O)[C@H](C)N(Cc1ccccc1Cl)C(=O)CCCSc1ccc(Cl)cc1. The number of hydrogen-bond donors (Lipinski definition) is 1. The highest BCUT2D eigenvalue weighted by Crippen LogP contribution is 2.23. The number of carbonyl (C=O) groups is 2. The van der Waals surface area contributed by atoms with Crippen LogP contribution in [0.1, 0.15) is 39.2 Å². The quantitative estimate of drug-likeness (QED) is 0.355. The van der Waals surface area contributed by atoms with E-state index >= 15 is 0 Å². The van der Waals surface area contributed by atoms with Gasteiger partial charge < -0.3 is 10.2 Å². The van der Waals surface area contributed by atoms with Crippen molar-refractivity contribution in [2.75, 3.05) is 5.75 Å². The van der Waals surface area contributed by atoms with Gasteiger partial charge in [0.25, 0.3) is 0 Å². The minimum Gasteiger partial charge on any atom is -0.352 e. The molecule has 2 aromatic carbocycles. The van der Waals surface area contributed by atoms with Gasteiger partial charge in [-0.25, -0.2) is 0 Å². The first-order valence-electron chi connectivity index (χ1n) is 9.99. The van der Waals surface area contributed by atoms with Crippen LogP contribution < -0.4 is 5.32 Å². The minimum atomic E-state index is -0.583. The van der Waals surface area contributed by atoms with Gasteiger partial charge >= 0.3 is 0 Å². The molecule has 0 heterocycles. The molecular weight excluding hydrogens is 439 g/mol. The Morgan fingerprint density at radius 3 is 2.33 bits per heavy atom. The predicted molar refractivity (Wildman–Crippen MR) is 126 cm³/mol. The highest BCUT2D eigenvalue weighted by Gasteiger charge is 2.26. The molecule has 2 rings (SSSR count). The fraction of sp³-hybridized carbons (Fsp3) is 0.391. The summed E-state index contributed by atoms with van der Waals surface area (Å²) in [7, 11) is 0. The van der Waals surface area contributed by atoms with Gasteiger partial charge in [-0.15, -0.1) is 11.8 Å². The average molecular weight is 467 g/mol. The second-order valence-corrected chi connectivity index (χ2v) is 9.37.